The molecule has 0 saturated carbocycles. The average molecular weight is 412 g/mol. The summed E-state index contributed by atoms with van der Waals surface area (Å²) in [5, 5.41) is 4.73. The molecule has 0 aliphatic rings. The fourth-order valence-electron chi connectivity index (χ4n) is 4.65. The number of benzene rings is 5. The summed E-state index contributed by atoms with van der Waals surface area (Å²) in [4.78, 5) is 5.20. The maximum atomic E-state index is 5.40. The van der Waals surface area contributed by atoms with E-state index in [0.29, 0.717) is 0 Å². The van der Waals surface area contributed by atoms with Crippen LogP contribution in [0.4, 0.5) is 0 Å². The second kappa shape index (κ2) is 7.51. The molecule has 0 fully saturated rings. The number of aromatic nitrogens is 1. The number of methoxy groups -OCH3 is 1. The van der Waals surface area contributed by atoms with Gasteiger partial charge in [-0.25, -0.2) is 4.98 Å². The molecule has 2 heteroatoms. The van der Waals surface area contributed by atoms with Crippen molar-refractivity contribution < 1.29 is 4.74 Å². The molecule has 1 heterocycles. The van der Waals surface area contributed by atoms with Crippen LogP contribution in [0, 0.1) is 0 Å². The van der Waals surface area contributed by atoms with Gasteiger partial charge in [0.25, 0.3) is 0 Å². The third-order valence-corrected chi connectivity index (χ3v) is 6.14. The van der Waals surface area contributed by atoms with Crippen LogP contribution in [0.2, 0.25) is 0 Å². The monoisotopic (exact) mass is 411 g/mol. The maximum Gasteiger partial charge on any atom is 0.118 e. The van der Waals surface area contributed by atoms with Gasteiger partial charge in [0.2, 0.25) is 0 Å². The highest BCUT2D eigenvalue weighted by molar-refractivity contribution is 6.21. The molecule has 5 aromatic carbocycles. The van der Waals surface area contributed by atoms with Gasteiger partial charge in [-0.2, -0.15) is 0 Å². The molecule has 1 aromatic heterocycles. The SMILES string of the molecule is COc1ccc(-c2c3ccccc3c(-c3ccccc3)c3nc4ccccc4cc23)cc1. The van der Waals surface area contributed by atoms with Crippen LogP contribution >= 0.6 is 0 Å². The Kier molecular flexibility index (Phi) is 4.36. The molecule has 0 unspecified atom stereocenters. The van der Waals surface area contributed by atoms with Crippen molar-refractivity contribution in [2.24, 2.45) is 0 Å². The van der Waals surface area contributed by atoms with Gasteiger partial charge in [0, 0.05) is 16.3 Å². The number of fused-ring (bicyclic) bond motifs is 3. The summed E-state index contributed by atoms with van der Waals surface area (Å²) in [6.45, 7) is 0. The zero-order valence-corrected chi connectivity index (χ0v) is 17.7. The van der Waals surface area contributed by atoms with E-state index in [1.54, 1.807) is 7.11 Å². The van der Waals surface area contributed by atoms with Crippen LogP contribution < -0.4 is 4.74 Å². The second-order valence-corrected chi connectivity index (χ2v) is 7.97. The minimum Gasteiger partial charge on any atom is -0.497 e. The first-order chi connectivity index (χ1) is 15.8. The summed E-state index contributed by atoms with van der Waals surface area (Å²) in [6, 6.07) is 38.2. The molecular weight excluding hydrogens is 390 g/mol. The Bertz CT molecular complexity index is 1590. The lowest BCUT2D eigenvalue weighted by molar-refractivity contribution is 0.415. The van der Waals surface area contributed by atoms with E-state index in [9.17, 15) is 0 Å². The highest BCUT2D eigenvalue weighted by atomic mass is 16.5. The van der Waals surface area contributed by atoms with Crippen LogP contribution in [-0.4, -0.2) is 12.1 Å². The molecule has 6 aromatic rings. The topological polar surface area (TPSA) is 22.1 Å². The van der Waals surface area contributed by atoms with Crippen molar-refractivity contribution in [3.63, 3.8) is 0 Å². The van der Waals surface area contributed by atoms with Crippen LogP contribution in [0.1, 0.15) is 0 Å². The average Bonchev–Trinajstić information content (AvgIpc) is 2.86. The summed E-state index contributed by atoms with van der Waals surface area (Å²) in [7, 11) is 1.70. The fraction of sp³-hybridized carbons (Fsp3) is 0.0333. The molecule has 32 heavy (non-hydrogen) atoms. The first-order valence-corrected chi connectivity index (χ1v) is 10.8. The van der Waals surface area contributed by atoms with E-state index < -0.39 is 0 Å². The molecule has 0 N–H and O–H groups in total. The summed E-state index contributed by atoms with van der Waals surface area (Å²) in [6.07, 6.45) is 0. The van der Waals surface area contributed by atoms with Crippen molar-refractivity contribution in [3.8, 4) is 28.0 Å². The van der Waals surface area contributed by atoms with E-state index in [1.807, 2.05) is 12.1 Å². The zero-order valence-electron chi connectivity index (χ0n) is 17.7. The van der Waals surface area contributed by atoms with Crippen molar-refractivity contribution in [2.75, 3.05) is 7.11 Å². The van der Waals surface area contributed by atoms with E-state index in [4.69, 9.17) is 9.72 Å². The molecule has 0 spiro atoms. The fourth-order valence-corrected chi connectivity index (χ4v) is 4.65. The van der Waals surface area contributed by atoms with E-state index in [-0.39, 0.29) is 0 Å². The maximum absolute atomic E-state index is 5.40. The number of ether oxygens (including phenoxy) is 1. The first kappa shape index (κ1) is 18.6. The highest BCUT2D eigenvalue weighted by Gasteiger charge is 2.18. The molecule has 0 aliphatic carbocycles. The van der Waals surface area contributed by atoms with Gasteiger partial charge in [-0.05, 0) is 51.7 Å². The van der Waals surface area contributed by atoms with Crippen LogP contribution in [0.5, 0.6) is 5.75 Å². The van der Waals surface area contributed by atoms with Crippen molar-refractivity contribution in [2.45, 2.75) is 0 Å². The standard InChI is InChI=1S/C30H21NO/c1-32-23-17-15-21(16-18-23)28-24-12-6-7-13-25(24)29(20-9-3-2-4-10-20)30-26(28)19-22-11-5-8-14-27(22)31-30/h2-19H,1H3. The largest absolute Gasteiger partial charge is 0.497 e. The lowest BCUT2D eigenvalue weighted by Crippen LogP contribution is -1.94. The van der Waals surface area contributed by atoms with Crippen LogP contribution in [0.3, 0.4) is 0 Å². The molecule has 0 saturated heterocycles. The van der Waals surface area contributed by atoms with Crippen LogP contribution in [0.15, 0.2) is 109 Å². The quantitative estimate of drug-likeness (QED) is 0.276. The third-order valence-electron chi connectivity index (χ3n) is 6.14. The Hall–Kier alpha value is -4.17. The third kappa shape index (κ3) is 2.92. The lowest BCUT2D eigenvalue weighted by atomic mass is 9.87. The van der Waals surface area contributed by atoms with E-state index in [2.05, 4.69) is 97.1 Å². The molecule has 152 valence electrons. The molecule has 0 aliphatic heterocycles. The number of para-hydroxylation sites is 1. The van der Waals surface area contributed by atoms with E-state index >= 15 is 0 Å². The van der Waals surface area contributed by atoms with Gasteiger partial charge in [0.1, 0.15) is 5.75 Å². The number of hydrogen-bond donors (Lipinski definition) is 0. The van der Waals surface area contributed by atoms with Crippen molar-refractivity contribution in [1.29, 1.82) is 0 Å². The first-order valence-electron chi connectivity index (χ1n) is 10.8. The van der Waals surface area contributed by atoms with Crippen molar-refractivity contribution in [3.05, 3.63) is 109 Å². The van der Waals surface area contributed by atoms with Crippen molar-refractivity contribution >= 4 is 32.6 Å². The van der Waals surface area contributed by atoms with Gasteiger partial charge in [-0.15, -0.1) is 0 Å². The van der Waals surface area contributed by atoms with E-state index in [1.165, 1.54) is 27.5 Å². The molecule has 6 rings (SSSR count). The summed E-state index contributed by atoms with van der Waals surface area (Å²) < 4.78 is 5.40. The predicted molar refractivity (Wildman–Crippen MR) is 134 cm³/mol. The second-order valence-electron chi connectivity index (χ2n) is 7.97. The summed E-state index contributed by atoms with van der Waals surface area (Å²) >= 11 is 0. The van der Waals surface area contributed by atoms with E-state index in [0.717, 1.165) is 33.1 Å². The highest BCUT2D eigenvalue weighted by Crippen LogP contribution is 2.43. The lowest BCUT2D eigenvalue weighted by Gasteiger charge is -2.18. The Morgan fingerprint density at radius 3 is 1.94 bits per heavy atom. The van der Waals surface area contributed by atoms with Gasteiger partial charge >= 0.3 is 0 Å². The predicted octanol–water partition coefficient (Wildman–Crippen LogP) is 7.88. The zero-order chi connectivity index (χ0) is 21.5. The number of pyridine rings is 1. The van der Waals surface area contributed by atoms with Crippen LogP contribution in [-0.2, 0) is 0 Å². The molecular formula is C30H21NO. The number of rotatable bonds is 3. The number of nitrogens with zero attached hydrogens (tertiary/aromatic N) is 1. The van der Waals surface area contributed by atoms with Crippen molar-refractivity contribution in [1.82, 2.24) is 4.98 Å². The molecule has 0 radical (unpaired) electrons. The Morgan fingerprint density at radius 2 is 1.19 bits per heavy atom. The van der Waals surface area contributed by atoms with Gasteiger partial charge < -0.3 is 4.74 Å². The minimum absolute atomic E-state index is 0.854. The molecule has 0 bridgehead atoms. The Balaban J connectivity index is 1.83. The molecule has 2 nitrogen and oxygen atoms in total. The van der Waals surface area contributed by atoms with Gasteiger partial charge in [0.05, 0.1) is 18.1 Å². The molecule has 0 amide bonds. The van der Waals surface area contributed by atoms with Gasteiger partial charge in [0.15, 0.2) is 0 Å². The summed E-state index contributed by atoms with van der Waals surface area (Å²) in [5.74, 6) is 0.854. The Morgan fingerprint density at radius 1 is 0.562 bits per heavy atom. The summed E-state index contributed by atoms with van der Waals surface area (Å²) in [5.41, 5.74) is 6.75. The van der Waals surface area contributed by atoms with Crippen LogP contribution in [0.25, 0.3) is 54.8 Å². The minimum atomic E-state index is 0.854. The Labute approximate surface area is 186 Å². The van der Waals surface area contributed by atoms with Gasteiger partial charge in [-0.3, -0.25) is 0 Å². The normalized spacial score (nSPS) is 11.3. The molecule has 0 atom stereocenters. The van der Waals surface area contributed by atoms with Gasteiger partial charge in [-0.1, -0.05) is 84.9 Å². The number of hydrogen-bond acceptors (Lipinski definition) is 2. The smallest absolute Gasteiger partial charge is 0.118 e.